The fourth-order valence-electron chi connectivity index (χ4n) is 3.56. The standard InChI is InChI=1S/C20H25N5O2/c1-24-13-21-23-18(24)3-2-4-19(26)22-16-8-9-17-15(11-16)7-10-20(27)25(17)12-14-5-6-14/h8-9,11,13-14H,2-7,10,12H2,1H3,(H,22,26). The molecule has 1 saturated carbocycles. The van der Waals surface area contributed by atoms with Crippen molar-refractivity contribution >= 4 is 23.2 Å². The Morgan fingerprint density at radius 1 is 1.30 bits per heavy atom. The zero-order valence-corrected chi connectivity index (χ0v) is 15.6. The van der Waals surface area contributed by atoms with Crippen LogP contribution in [0.5, 0.6) is 0 Å². The lowest BCUT2D eigenvalue weighted by Crippen LogP contribution is -2.36. The van der Waals surface area contributed by atoms with Crippen LogP contribution in [0.2, 0.25) is 0 Å². The van der Waals surface area contributed by atoms with Crippen molar-refractivity contribution < 1.29 is 9.59 Å². The second-order valence-corrected chi connectivity index (χ2v) is 7.55. The van der Waals surface area contributed by atoms with E-state index in [2.05, 4.69) is 15.5 Å². The van der Waals surface area contributed by atoms with Gasteiger partial charge in [0.15, 0.2) is 0 Å². The predicted octanol–water partition coefficient (Wildman–Crippen LogP) is 2.47. The first-order chi connectivity index (χ1) is 13.1. The summed E-state index contributed by atoms with van der Waals surface area (Å²) in [6.07, 6.45) is 7.30. The van der Waals surface area contributed by atoms with Crippen molar-refractivity contribution in [2.45, 2.75) is 44.9 Å². The number of nitrogens with zero attached hydrogens (tertiary/aromatic N) is 4. The SMILES string of the molecule is Cn1cnnc1CCCC(=O)Nc1ccc2c(c1)CCC(=O)N2CC1CC1. The first-order valence-corrected chi connectivity index (χ1v) is 9.66. The van der Waals surface area contributed by atoms with Crippen molar-refractivity contribution in [1.82, 2.24) is 14.8 Å². The third kappa shape index (κ3) is 4.18. The Morgan fingerprint density at radius 3 is 2.89 bits per heavy atom. The molecule has 27 heavy (non-hydrogen) atoms. The zero-order valence-electron chi connectivity index (χ0n) is 15.6. The van der Waals surface area contributed by atoms with E-state index in [1.165, 1.54) is 12.8 Å². The van der Waals surface area contributed by atoms with Crippen LogP contribution >= 0.6 is 0 Å². The summed E-state index contributed by atoms with van der Waals surface area (Å²) in [6.45, 7) is 0.833. The highest BCUT2D eigenvalue weighted by Crippen LogP contribution is 2.36. The minimum Gasteiger partial charge on any atom is -0.326 e. The number of aryl methyl sites for hydroxylation is 3. The molecule has 142 valence electrons. The van der Waals surface area contributed by atoms with Crippen LogP contribution in [-0.4, -0.2) is 33.1 Å². The summed E-state index contributed by atoms with van der Waals surface area (Å²) in [7, 11) is 1.90. The van der Waals surface area contributed by atoms with Crippen molar-refractivity contribution in [3.8, 4) is 0 Å². The third-order valence-electron chi connectivity index (χ3n) is 5.31. The van der Waals surface area contributed by atoms with Gasteiger partial charge in [-0.3, -0.25) is 9.59 Å². The average Bonchev–Trinajstić information content (AvgIpc) is 3.38. The predicted molar refractivity (Wildman–Crippen MR) is 102 cm³/mol. The molecule has 1 fully saturated rings. The molecule has 0 bridgehead atoms. The fraction of sp³-hybridized carbons (Fsp3) is 0.500. The van der Waals surface area contributed by atoms with Crippen molar-refractivity contribution in [1.29, 1.82) is 0 Å². The molecule has 0 atom stereocenters. The molecule has 2 heterocycles. The minimum absolute atomic E-state index is 0.00107. The number of hydrogen-bond donors (Lipinski definition) is 1. The summed E-state index contributed by atoms with van der Waals surface area (Å²) >= 11 is 0. The Hall–Kier alpha value is -2.70. The van der Waals surface area contributed by atoms with Gasteiger partial charge in [-0.25, -0.2) is 0 Å². The maximum atomic E-state index is 12.3. The van der Waals surface area contributed by atoms with Crippen molar-refractivity contribution in [3.05, 3.63) is 35.9 Å². The molecule has 4 rings (SSSR count). The maximum absolute atomic E-state index is 12.3. The van der Waals surface area contributed by atoms with Crippen LogP contribution in [0.4, 0.5) is 11.4 Å². The van der Waals surface area contributed by atoms with E-state index in [4.69, 9.17) is 0 Å². The van der Waals surface area contributed by atoms with Gasteiger partial charge in [0.1, 0.15) is 12.2 Å². The first kappa shape index (κ1) is 17.7. The zero-order chi connectivity index (χ0) is 18.8. The van der Waals surface area contributed by atoms with Gasteiger partial charge in [-0.15, -0.1) is 10.2 Å². The van der Waals surface area contributed by atoms with Gasteiger partial charge in [0.2, 0.25) is 11.8 Å². The highest BCUT2D eigenvalue weighted by molar-refractivity contribution is 5.97. The van der Waals surface area contributed by atoms with Gasteiger partial charge >= 0.3 is 0 Å². The second kappa shape index (κ2) is 7.50. The number of anilines is 2. The lowest BCUT2D eigenvalue weighted by molar-refractivity contribution is -0.119. The van der Waals surface area contributed by atoms with Gasteiger partial charge < -0.3 is 14.8 Å². The summed E-state index contributed by atoms with van der Waals surface area (Å²) in [6, 6.07) is 5.89. The molecule has 2 aliphatic rings. The molecule has 0 spiro atoms. The Balaban J connectivity index is 1.34. The highest BCUT2D eigenvalue weighted by Gasteiger charge is 2.31. The van der Waals surface area contributed by atoms with Crippen molar-refractivity contribution in [2.75, 3.05) is 16.8 Å². The number of benzene rings is 1. The van der Waals surface area contributed by atoms with Gasteiger partial charge in [0.25, 0.3) is 0 Å². The number of carbonyl (C=O) groups is 2. The van der Waals surface area contributed by atoms with Crippen LogP contribution in [0.15, 0.2) is 24.5 Å². The van der Waals surface area contributed by atoms with Crippen LogP contribution in [0.25, 0.3) is 0 Å². The largest absolute Gasteiger partial charge is 0.326 e. The van der Waals surface area contributed by atoms with E-state index >= 15 is 0 Å². The van der Waals surface area contributed by atoms with Gasteiger partial charge in [-0.1, -0.05) is 0 Å². The lowest BCUT2D eigenvalue weighted by atomic mass is 10.00. The topological polar surface area (TPSA) is 80.1 Å². The van der Waals surface area contributed by atoms with E-state index in [-0.39, 0.29) is 11.8 Å². The molecule has 1 aliphatic heterocycles. The molecule has 1 aliphatic carbocycles. The molecule has 2 amide bonds. The molecule has 1 aromatic carbocycles. The monoisotopic (exact) mass is 367 g/mol. The molecule has 7 nitrogen and oxygen atoms in total. The summed E-state index contributed by atoms with van der Waals surface area (Å²) in [4.78, 5) is 26.4. The van der Waals surface area contributed by atoms with Crippen molar-refractivity contribution in [2.24, 2.45) is 13.0 Å². The average molecular weight is 367 g/mol. The second-order valence-electron chi connectivity index (χ2n) is 7.55. The van der Waals surface area contributed by atoms with Crippen LogP contribution in [0, 0.1) is 5.92 Å². The quantitative estimate of drug-likeness (QED) is 0.815. The first-order valence-electron chi connectivity index (χ1n) is 9.66. The Labute approximate surface area is 158 Å². The number of rotatable bonds is 7. The normalized spacial score (nSPS) is 16.3. The Morgan fingerprint density at radius 2 is 2.15 bits per heavy atom. The number of fused-ring (bicyclic) bond motifs is 1. The minimum atomic E-state index is -0.00107. The van der Waals surface area contributed by atoms with Gasteiger partial charge in [-0.05, 0) is 55.4 Å². The molecule has 0 radical (unpaired) electrons. The third-order valence-corrected chi connectivity index (χ3v) is 5.31. The molecule has 0 unspecified atom stereocenters. The summed E-state index contributed by atoms with van der Waals surface area (Å²) in [5.74, 6) is 1.76. The highest BCUT2D eigenvalue weighted by atomic mass is 16.2. The van der Waals surface area contributed by atoms with E-state index < -0.39 is 0 Å². The van der Waals surface area contributed by atoms with Crippen LogP contribution in [-0.2, 0) is 29.5 Å². The fourth-order valence-corrected chi connectivity index (χ4v) is 3.56. The molecular formula is C20H25N5O2. The van der Waals surface area contributed by atoms with E-state index in [9.17, 15) is 9.59 Å². The van der Waals surface area contributed by atoms with E-state index in [0.717, 1.165) is 48.6 Å². The lowest BCUT2D eigenvalue weighted by Gasteiger charge is -2.30. The molecule has 2 aromatic rings. The summed E-state index contributed by atoms with van der Waals surface area (Å²) in [5, 5.41) is 10.9. The number of hydrogen-bond acceptors (Lipinski definition) is 4. The smallest absolute Gasteiger partial charge is 0.227 e. The van der Waals surface area contributed by atoms with Gasteiger partial charge in [-0.2, -0.15) is 0 Å². The van der Waals surface area contributed by atoms with E-state index in [1.807, 2.05) is 34.7 Å². The van der Waals surface area contributed by atoms with Crippen LogP contribution < -0.4 is 10.2 Å². The van der Waals surface area contributed by atoms with Crippen molar-refractivity contribution in [3.63, 3.8) is 0 Å². The molecule has 7 heteroatoms. The van der Waals surface area contributed by atoms with Crippen LogP contribution in [0.3, 0.4) is 0 Å². The maximum Gasteiger partial charge on any atom is 0.227 e. The number of carbonyl (C=O) groups excluding carboxylic acids is 2. The molecular weight excluding hydrogens is 342 g/mol. The molecule has 1 aromatic heterocycles. The van der Waals surface area contributed by atoms with E-state index in [0.29, 0.717) is 18.8 Å². The van der Waals surface area contributed by atoms with Gasteiger partial charge in [0.05, 0.1) is 0 Å². The van der Waals surface area contributed by atoms with E-state index in [1.54, 1.807) is 6.33 Å². The molecule has 1 N–H and O–H groups in total. The van der Waals surface area contributed by atoms with Crippen LogP contribution in [0.1, 0.15) is 43.5 Å². The number of nitrogens with one attached hydrogen (secondary N) is 1. The number of aromatic nitrogens is 3. The Kier molecular flexibility index (Phi) is 4.92. The Bertz CT molecular complexity index is 856. The number of amides is 2. The summed E-state index contributed by atoms with van der Waals surface area (Å²) in [5.41, 5.74) is 2.96. The van der Waals surface area contributed by atoms with Gasteiger partial charge in [0, 0.05) is 44.2 Å². The summed E-state index contributed by atoms with van der Waals surface area (Å²) < 4.78 is 1.87. The molecule has 0 saturated heterocycles.